The molecule has 1 atom stereocenters. The number of hydrogen-bond acceptors (Lipinski definition) is 4. The molecule has 0 radical (unpaired) electrons. The number of hydrogen-bond donors (Lipinski definition) is 1. The van der Waals surface area contributed by atoms with Crippen LogP contribution in [0.3, 0.4) is 0 Å². The van der Waals surface area contributed by atoms with Crippen LogP contribution in [0.2, 0.25) is 0 Å². The zero-order valence-corrected chi connectivity index (χ0v) is 15.2. The Balaban J connectivity index is 1.28. The van der Waals surface area contributed by atoms with Crippen LogP contribution in [0.15, 0.2) is 71.3 Å². The first-order chi connectivity index (χ1) is 13.8. The van der Waals surface area contributed by atoms with Crippen LogP contribution in [0.5, 0.6) is 11.5 Å². The Bertz CT molecular complexity index is 1160. The maximum atomic E-state index is 12.5. The minimum Gasteiger partial charge on any atom is -0.486 e. The minimum atomic E-state index is -0.208. The van der Waals surface area contributed by atoms with Crippen LogP contribution in [-0.4, -0.2) is 25.2 Å². The molecule has 3 aromatic carbocycles. The highest BCUT2D eigenvalue weighted by molar-refractivity contribution is 6.08. The van der Waals surface area contributed by atoms with Crippen LogP contribution in [0.25, 0.3) is 21.7 Å². The Hall–Kier alpha value is -3.47. The lowest BCUT2D eigenvalue weighted by Crippen LogP contribution is -2.41. The van der Waals surface area contributed by atoms with E-state index < -0.39 is 0 Å². The Labute approximate surface area is 161 Å². The van der Waals surface area contributed by atoms with Crippen molar-refractivity contribution in [3.63, 3.8) is 0 Å². The first kappa shape index (κ1) is 16.7. The first-order valence-electron chi connectivity index (χ1n) is 9.31. The number of amides is 1. The molecule has 2 heterocycles. The van der Waals surface area contributed by atoms with Gasteiger partial charge in [-0.1, -0.05) is 42.5 Å². The third kappa shape index (κ3) is 3.05. The van der Waals surface area contributed by atoms with E-state index in [0.717, 1.165) is 33.1 Å². The van der Waals surface area contributed by atoms with Crippen molar-refractivity contribution in [3.8, 4) is 11.5 Å². The number of benzene rings is 3. The van der Waals surface area contributed by atoms with Gasteiger partial charge in [-0.15, -0.1) is 0 Å². The summed E-state index contributed by atoms with van der Waals surface area (Å²) in [6.45, 7) is 0.806. The van der Waals surface area contributed by atoms with Gasteiger partial charge >= 0.3 is 0 Å². The van der Waals surface area contributed by atoms with Crippen molar-refractivity contribution in [2.75, 3.05) is 13.2 Å². The molecule has 0 spiro atoms. The fraction of sp³-hybridized carbons (Fsp3) is 0.174. The van der Waals surface area contributed by atoms with Crippen molar-refractivity contribution < 1.29 is 18.7 Å². The summed E-state index contributed by atoms with van der Waals surface area (Å²) >= 11 is 0. The lowest BCUT2D eigenvalue weighted by atomic mass is 10.0. The second-order valence-electron chi connectivity index (χ2n) is 6.90. The number of carbonyl (C=O) groups is 1. The molecular formula is C23H19NO4. The van der Waals surface area contributed by atoms with Crippen LogP contribution in [0.1, 0.15) is 5.56 Å². The van der Waals surface area contributed by atoms with Crippen molar-refractivity contribution >= 4 is 27.6 Å². The van der Waals surface area contributed by atoms with E-state index in [4.69, 9.17) is 13.9 Å². The van der Waals surface area contributed by atoms with Gasteiger partial charge in [-0.05, 0) is 29.0 Å². The van der Waals surface area contributed by atoms with Crippen LogP contribution in [0, 0.1) is 0 Å². The predicted molar refractivity (Wildman–Crippen MR) is 107 cm³/mol. The summed E-state index contributed by atoms with van der Waals surface area (Å²) in [6, 6.07) is 19.6. The SMILES string of the molecule is O=C(Cc1coc2ccc3ccccc3c12)NC[C@@H]1COc2ccccc2O1. The van der Waals surface area contributed by atoms with Gasteiger partial charge in [0.05, 0.1) is 19.2 Å². The normalized spacial score (nSPS) is 15.6. The molecule has 4 aromatic rings. The van der Waals surface area contributed by atoms with E-state index in [2.05, 4.69) is 17.4 Å². The van der Waals surface area contributed by atoms with Gasteiger partial charge in [-0.2, -0.15) is 0 Å². The van der Waals surface area contributed by atoms with Gasteiger partial charge in [0, 0.05) is 10.9 Å². The van der Waals surface area contributed by atoms with Crippen molar-refractivity contribution in [1.82, 2.24) is 5.32 Å². The van der Waals surface area contributed by atoms with Gasteiger partial charge < -0.3 is 19.2 Å². The number of furan rings is 1. The number of carbonyl (C=O) groups excluding carboxylic acids is 1. The molecule has 28 heavy (non-hydrogen) atoms. The number of nitrogens with one attached hydrogen (secondary N) is 1. The third-order valence-corrected chi connectivity index (χ3v) is 4.99. The highest BCUT2D eigenvalue weighted by Gasteiger charge is 2.21. The van der Waals surface area contributed by atoms with E-state index in [1.165, 1.54) is 0 Å². The molecule has 140 valence electrons. The monoisotopic (exact) mass is 373 g/mol. The standard InChI is InChI=1S/C23H19NO4/c25-22(24-12-17-14-27-19-7-3-4-8-20(19)28-17)11-16-13-26-21-10-9-15-5-1-2-6-18(15)23(16)21/h1-10,13,17H,11-12,14H2,(H,24,25)/t17-/m1/s1. The van der Waals surface area contributed by atoms with Crippen molar-refractivity contribution in [2.24, 2.45) is 0 Å². The Morgan fingerprint density at radius 3 is 2.75 bits per heavy atom. The summed E-state index contributed by atoms with van der Waals surface area (Å²) in [6.07, 6.45) is 1.72. The van der Waals surface area contributed by atoms with E-state index in [0.29, 0.717) is 18.9 Å². The molecule has 1 aromatic heterocycles. The fourth-order valence-electron chi connectivity index (χ4n) is 3.63. The predicted octanol–water partition coefficient (Wildman–Crippen LogP) is 4.08. The van der Waals surface area contributed by atoms with Crippen LogP contribution >= 0.6 is 0 Å². The number of rotatable bonds is 4. The maximum absolute atomic E-state index is 12.5. The van der Waals surface area contributed by atoms with Crippen molar-refractivity contribution in [3.05, 3.63) is 72.5 Å². The zero-order chi connectivity index (χ0) is 18.9. The molecule has 1 amide bonds. The molecule has 5 heteroatoms. The Kier molecular flexibility index (Phi) is 4.13. The second kappa shape index (κ2) is 6.93. The Morgan fingerprint density at radius 2 is 1.82 bits per heavy atom. The summed E-state index contributed by atoms with van der Waals surface area (Å²) in [5, 5.41) is 6.17. The second-order valence-corrected chi connectivity index (χ2v) is 6.90. The van der Waals surface area contributed by atoms with Gasteiger partial charge in [0.15, 0.2) is 11.5 Å². The van der Waals surface area contributed by atoms with E-state index in [1.807, 2.05) is 48.5 Å². The molecule has 0 bridgehead atoms. The van der Waals surface area contributed by atoms with Crippen LogP contribution in [0.4, 0.5) is 0 Å². The lowest BCUT2D eigenvalue weighted by molar-refractivity contribution is -0.120. The summed E-state index contributed by atoms with van der Waals surface area (Å²) in [7, 11) is 0. The Morgan fingerprint density at radius 1 is 1.00 bits per heavy atom. The fourth-order valence-corrected chi connectivity index (χ4v) is 3.63. The van der Waals surface area contributed by atoms with Crippen LogP contribution in [-0.2, 0) is 11.2 Å². The van der Waals surface area contributed by atoms with Crippen molar-refractivity contribution in [1.29, 1.82) is 0 Å². The highest BCUT2D eigenvalue weighted by Crippen LogP contribution is 2.31. The molecule has 0 saturated heterocycles. The van der Waals surface area contributed by atoms with Gasteiger partial charge in [0.25, 0.3) is 0 Å². The molecule has 1 aliphatic heterocycles. The van der Waals surface area contributed by atoms with Gasteiger partial charge in [-0.3, -0.25) is 4.79 Å². The summed E-state index contributed by atoms with van der Waals surface area (Å²) in [4.78, 5) is 12.5. The molecule has 0 unspecified atom stereocenters. The molecule has 1 N–H and O–H groups in total. The number of para-hydroxylation sites is 2. The quantitative estimate of drug-likeness (QED) is 0.585. The smallest absolute Gasteiger partial charge is 0.224 e. The molecule has 0 fully saturated rings. The van der Waals surface area contributed by atoms with E-state index in [9.17, 15) is 4.79 Å². The lowest BCUT2D eigenvalue weighted by Gasteiger charge is -2.26. The summed E-state index contributed by atoms with van der Waals surface area (Å²) in [5.41, 5.74) is 1.68. The number of fused-ring (bicyclic) bond motifs is 4. The first-order valence-corrected chi connectivity index (χ1v) is 9.31. The average Bonchev–Trinajstić information content (AvgIpc) is 3.15. The third-order valence-electron chi connectivity index (χ3n) is 4.99. The molecule has 0 saturated carbocycles. The topological polar surface area (TPSA) is 60.7 Å². The number of ether oxygens (including phenoxy) is 2. The molecule has 1 aliphatic rings. The van der Waals surface area contributed by atoms with Crippen molar-refractivity contribution in [2.45, 2.75) is 12.5 Å². The largest absolute Gasteiger partial charge is 0.486 e. The molecular weight excluding hydrogens is 354 g/mol. The van der Waals surface area contributed by atoms with Crippen LogP contribution < -0.4 is 14.8 Å². The molecule has 5 rings (SSSR count). The van der Waals surface area contributed by atoms with Gasteiger partial charge in [-0.25, -0.2) is 0 Å². The van der Waals surface area contributed by atoms with E-state index in [1.54, 1.807) is 6.26 Å². The minimum absolute atomic E-state index is 0.0712. The average molecular weight is 373 g/mol. The summed E-state index contributed by atoms with van der Waals surface area (Å²) < 4.78 is 17.2. The zero-order valence-electron chi connectivity index (χ0n) is 15.2. The van der Waals surface area contributed by atoms with Gasteiger partial charge in [0.1, 0.15) is 18.3 Å². The highest BCUT2D eigenvalue weighted by atomic mass is 16.6. The van der Waals surface area contributed by atoms with E-state index >= 15 is 0 Å². The molecule has 0 aliphatic carbocycles. The molecule has 5 nitrogen and oxygen atoms in total. The van der Waals surface area contributed by atoms with E-state index in [-0.39, 0.29) is 18.4 Å². The summed E-state index contributed by atoms with van der Waals surface area (Å²) in [5.74, 6) is 1.38. The maximum Gasteiger partial charge on any atom is 0.224 e. The van der Waals surface area contributed by atoms with Gasteiger partial charge in [0.2, 0.25) is 5.91 Å².